The molecule has 1 unspecified atom stereocenters. The van der Waals surface area contributed by atoms with Crippen molar-refractivity contribution in [1.29, 1.82) is 0 Å². The average Bonchev–Trinajstić information content (AvgIpc) is 2.09. The van der Waals surface area contributed by atoms with E-state index in [2.05, 4.69) is 5.32 Å². The Bertz CT molecular complexity index is 272. The molecule has 0 aromatic rings. The Morgan fingerprint density at radius 2 is 1.93 bits per heavy atom. The van der Waals surface area contributed by atoms with Crippen molar-refractivity contribution in [3.63, 3.8) is 0 Å². The maximum Gasteiger partial charge on any atom is 0.153 e. The van der Waals surface area contributed by atoms with E-state index in [0.717, 1.165) is 6.42 Å². The van der Waals surface area contributed by atoms with E-state index >= 15 is 0 Å². The first kappa shape index (κ1) is 14.9. The first-order valence-corrected chi connectivity index (χ1v) is 7.02. The van der Waals surface area contributed by atoms with Gasteiger partial charge in [-0.05, 0) is 27.2 Å². The van der Waals surface area contributed by atoms with Crippen LogP contribution >= 0.6 is 0 Å². The molecule has 0 saturated heterocycles. The molecule has 1 N–H and O–H groups in total. The van der Waals surface area contributed by atoms with E-state index in [1.165, 1.54) is 6.26 Å². The summed E-state index contributed by atoms with van der Waals surface area (Å²) in [6.07, 6.45) is 2.16. The lowest BCUT2D eigenvalue weighted by Crippen LogP contribution is -2.44. The lowest BCUT2D eigenvalue weighted by atomic mass is 10.2. The zero-order valence-electron chi connectivity index (χ0n) is 10.3. The monoisotopic (exact) mass is 237 g/mol. The highest BCUT2D eigenvalue weighted by Crippen LogP contribution is 2.13. The van der Waals surface area contributed by atoms with Crippen molar-refractivity contribution in [3.05, 3.63) is 0 Å². The van der Waals surface area contributed by atoms with Gasteiger partial charge in [-0.3, -0.25) is 0 Å². The summed E-state index contributed by atoms with van der Waals surface area (Å²) in [5.41, 5.74) is 0. The molecule has 0 aromatic carbocycles. The van der Waals surface area contributed by atoms with Crippen LogP contribution in [-0.4, -0.2) is 45.7 Å². The average molecular weight is 237 g/mol. The summed E-state index contributed by atoms with van der Waals surface area (Å²) in [5, 5.41) is 3.21. The Morgan fingerprint density at radius 3 is 2.33 bits per heavy atom. The zero-order chi connectivity index (χ0) is 12.1. The van der Waals surface area contributed by atoms with Crippen molar-refractivity contribution >= 4 is 9.84 Å². The van der Waals surface area contributed by atoms with Crippen LogP contribution in [0.5, 0.6) is 0 Å². The largest absolute Gasteiger partial charge is 0.385 e. The number of methoxy groups -OCH3 is 1. The minimum absolute atomic E-state index is 0.269. The van der Waals surface area contributed by atoms with Gasteiger partial charge in [0.15, 0.2) is 9.84 Å². The first-order valence-electron chi connectivity index (χ1n) is 5.12. The summed E-state index contributed by atoms with van der Waals surface area (Å²) in [6, 6.07) is 0.269. The minimum atomic E-state index is -3.01. The van der Waals surface area contributed by atoms with Gasteiger partial charge in [0.25, 0.3) is 0 Å². The molecule has 0 aliphatic rings. The highest BCUT2D eigenvalue weighted by Gasteiger charge is 2.29. The standard InChI is InChI=1S/C10H23NO3S/c1-9(6-7-14-4)11-8-10(2,3)15(5,12)13/h9,11H,6-8H2,1-5H3. The maximum atomic E-state index is 11.4. The van der Waals surface area contributed by atoms with Gasteiger partial charge in [-0.2, -0.15) is 0 Å². The molecule has 5 heteroatoms. The van der Waals surface area contributed by atoms with Gasteiger partial charge >= 0.3 is 0 Å². The third-order valence-corrected chi connectivity index (χ3v) is 4.79. The normalized spacial score (nSPS) is 15.3. The second-order valence-corrected chi connectivity index (χ2v) is 7.24. The van der Waals surface area contributed by atoms with Gasteiger partial charge in [0, 0.05) is 32.6 Å². The van der Waals surface area contributed by atoms with Gasteiger partial charge in [-0.1, -0.05) is 0 Å². The van der Waals surface area contributed by atoms with Gasteiger partial charge in [0.2, 0.25) is 0 Å². The summed E-state index contributed by atoms with van der Waals surface area (Å²) in [4.78, 5) is 0. The zero-order valence-corrected chi connectivity index (χ0v) is 11.1. The fourth-order valence-corrected chi connectivity index (χ4v) is 1.29. The molecule has 0 aliphatic heterocycles. The summed E-state index contributed by atoms with van der Waals surface area (Å²) >= 11 is 0. The molecule has 0 radical (unpaired) electrons. The topological polar surface area (TPSA) is 55.4 Å². The van der Waals surface area contributed by atoms with Crippen LogP contribution in [0.25, 0.3) is 0 Å². The molecule has 0 rings (SSSR count). The third-order valence-electron chi connectivity index (χ3n) is 2.64. The fourth-order valence-electron chi connectivity index (χ4n) is 0.948. The summed E-state index contributed by atoms with van der Waals surface area (Å²) < 4.78 is 27.1. The van der Waals surface area contributed by atoms with Crippen LogP contribution in [0.4, 0.5) is 0 Å². The molecule has 0 bridgehead atoms. The number of hydrogen-bond acceptors (Lipinski definition) is 4. The maximum absolute atomic E-state index is 11.4. The summed E-state index contributed by atoms with van der Waals surface area (Å²) in [6.45, 7) is 6.65. The number of rotatable bonds is 7. The van der Waals surface area contributed by atoms with Gasteiger partial charge in [0.1, 0.15) is 0 Å². The van der Waals surface area contributed by atoms with Crippen molar-refractivity contribution in [2.24, 2.45) is 0 Å². The van der Waals surface area contributed by atoms with E-state index in [1.54, 1.807) is 21.0 Å². The highest BCUT2D eigenvalue weighted by molar-refractivity contribution is 7.92. The van der Waals surface area contributed by atoms with Crippen molar-refractivity contribution in [3.8, 4) is 0 Å². The predicted octanol–water partition coefficient (Wildman–Crippen LogP) is 0.824. The fraction of sp³-hybridized carbons (Fsp3) is 1.00. The Balaban J connectivity index is 4.05. The first-order chi connectivity index (χ1) is 6.70. The van der Waals surface area contributed by atoms with Gasteiger partial charge in [0.05, 0.1) is 4.75 Å². The van der Waals surface area contributed by atoms with Crippen LogP contribution in [0.2, 0.25) is 0 Å². The van der Waals surface area contributed by atoms with Gasteiger partial charge < -0.3 is 10.1 Å². The second-order valence-electron chi connectivity index (χ2n) is 4.60. The SMILES string of the molecule is COCCC(C)NCC(C)(C)S(C)(=O)=O. The molecular formula is C10H23NO3S. The number of ether oxygens (including phenoxy) is 1. The van der Waals surface area contributed by atoms with E-state index < -0.39 is 14.6 Å². The number of sulfone groups is 1. The van der Waals surface area contributed by atoms with Crippen molar-refractivity contribution < 1.29 is 13.2 Å². The number of hydrogen-bond donors (Lipinski definition) is 1. The molecule has 0 heterocycles. The van der Waals surface area contributed by atoms with E-state index in [-0.39, 0.29) is 6.04 Å². The van der Waals surface area contributed by atoms with E-state index in [0.29, 0.717) is 13.2 Å². The Kier molecular flexibility index (Phi) is 5.77. The van der Waals surface area contributed by atoms with E-state index in [4.69, 9.17) is 4.74 Å². The van der Waals surface area contributed by atoms with Crippen LogP contribution in [0, 0.1) is 0 Å². The van der Waals surface area contributed by atoms with Crippen LogP contribution in [0.15, 0.2) is 0 Å². The molecule has 0 amide bonds. The van der Waals surface area contributed by atoms with Crippen LogP contribution in [0.3, 0.4) is 0 Å². The second kappa shape index (κ2) is 5.82. The number of nitrogens with one attached hydrogen (secondary N) is 1. The van der Waals surface area contributed by atoms with Crippen molar-refractivity contribution in [2.75, 3.05) is 26.5 Å². The summed E-state index contributed by atoms with van der Waals surface area (Å²) in [5.74, 6) is 0. The third kappa shape index (κ3) is 5.49. The highest BCUT2D eigenvalue weighted by atomic mass is 32.2. The molecule has 4 nitrogen and oxygen atoms in total. The summed E-state index contributed by atoms with van der Waals surface area (Å²) in [7, 11) is -1.35. The van der Waals surface area contributed by atoms with E-state index in [9.17, 15) is 8.42 Å². The smallest absolute Gasteiger partial charge is 0.153 e. The quantitative estimate of drug-likeness (QED) is 0.712. The van der Waals surface area contributed by atoms with Crippen molar-refractivity contribution in [1.82, 2.24) is 5.32 Å². The molecule has 0 spiro atoms. The molecule has 92 valence electrons. The predicted molar refractivity (Wildman–Crippen MR) is 62.9 cm³/mol. The van der Waals surface area contributed by atoms with E-state index in [1.807, 2.05) is 6.92 Å². The Labute approximate surface area is 93.3 Å². The molecule has 0 aliphatic carbocycles. The molecule has 0 saturated carbocycles. The molecular weight excluding hydrogens is 214 g/mol. The van der Waals surface area contributed by atoms with Gasteiger partial charge in [-0.25, -0.2) is 8.42 Å². The Hall–Kier alpha value is -0.130. The van der Waals surface area contributed by atoms with Crippen molar-refractivity contribution in [2.45, 2.75) is 38.0 Å². The van der Waals surface area contributed by atoms with Gasteiger partial charge in [-0.15, -0.1) is 0 Å². The van der Waals surface area contributed by atoms with Crippen LogP contribution in [0.1, 0.15) is 27.2 Å². The molecule has 0 fully saturated rings. The van der Waals surface area contributed by atoms with Crippen LogP contribution in [-0.2, 0) is 14.6 Å². The molecule has 15 heavy (non-hydrogen) atoms. The Morgan fingerprint density at radius 1 is 1.40 bits per heavy atom. The lowest BCUT2D eigenvalue weighted by Gasteiger charge is -2.25. The lowest BCUT2D eigenvalue weighted by molar-refractivity contribution is 0.184. The minimum Gasteiger partial charge on any atom is -0.385 e. The van der Waals surface area contributed by atoms with Crippen LogP contribution < -0.4 is 5.32 Å². The molecule has 1 atom stereocenters. The molecule has 0 aromatic heterocycles.